The van der Waals surface area contributed by atoms with Crippen LogP contribution in [-0.2, 0) is 26.2 Å². The van der Waals surface area contributed by atoms with E-state index in [4.69, 9.17) is 9.47 Å². The molecule has 0 aliphatic heterocycles. The molecule has 0 fully saturated rings. The van der Waals surface area contributed by atoms with Gasteiger partial charge in [-0.15, -0.1) is 0 Å². The monoisotopic (exact) mass is 585 g/mol. The minimum absolute atomic E-state index is 0.0333. The lowest BCUT2D eigenvalue weighted by Crippen LogP contribution is -2.51. The Labute approximate surface area is 240 Å². The van der Waals surface area contributed by atoms with Gasteiger partial charge in [0.1, 0.15) is 18.4 Å². The molecule has 0 spiro atoms. The minimum atomic E-state index is -4.29. The van der Waals surface area contributed by atoms with Crippen LogP contribution in [0.1, 0.15) is 26.3 Å². The molecule has 11 heteroatoms. The van der Waals surface area contributed by atoms with E-state index in [1.807, 2.05) is 13.8 Å². The van der Waals surface area contributed by atoms with Crippen LogP contribution in [-0.4, -0.2) is 58.5 Å². The van der Waals surface area contributed by atoms with Crippen molar-refractivity contribution in [2.45, 2.75) is 38.3 Å². The Hall–Kier alpha value is -4.12. The summed E-state index contributed by atoms with van der Waals surface area (Å²) in [5, 5.41) is 2.83. The lowest BCUT2D eigenvalue weighted by Gasteiger charge is -2.32. The highest BCUT2D eigenvalue weighted by molar-refractivity contribution is 7.92. The normalized spacial score (nSPS) is 12.0. The molecule has 0 aliphatic rings. The number of methoxy groups -OCH3 is 2. The molecule has 1 atom stereocenters. The quantitative estimate of drug-likeness (QED) is 0.322. The average Bonchev–Trinajstić information content (AvgIpc) is 2.97. The Morgan fingerprint density at radius 2 is 1.54 bits per heavy atom. The predicted molar refractivity (Wildman–Crippen MR) is 155 cm³/mol. The molecule has 3 rings (SSSR count). The van der Waals surface area contributed by atoms with Crippen LogP contribution in [0.5, 0.6) is 11.5 Å². The van der Waals surface area contributed by atoms with Crippen molar-refractivity contribution in [2.24, 2.45) is 5.92 Å². The molecule has 3 aromatic carbocycles. The maximum absolute atomic E-state index is 14.0. The Balaban J connectivity index is 2.02. The molecule has 0 unspecified atom stereocenters. The number of para-hydroxylation sites is 1. The summed E-state index contributed by atoms with van der Waals surface area (Å²) in [6.45, 7) is 5.25. The standard InChI is InChI=1S/C30H36FN3O6S/c1-21(2)18-32-30(36)22(3)33(19-23-11-13-24(31)14-12-23)29(35)20-34(25-9-7-6-8-10-25)41(37,38)26-15-16-27(39-4)28(17-26)40-5/h6-17,21-22H,18-20H2,1-5H3,(H,32,36)/t22-/m1/s1. The molecular weight excluding hydrogens is 549 g/mol. The zero-order chi connectivity index (χ0) is 30.2. The van der Waals surface area contributed by atoms with Crippen LogP contribution in [0.4, 0.5) is 10.1 Å². The van der Waals surface area contributed by atoms with Crippen molar-refractivity contribution in [3.8, 4) is 11.5 Å². The fourth-order valence-electron chi connectivity index (χ4n) is 4.05. The fraction of sp³-hybridized carbons (Fsp3) is 0.333. The van der Waals surface area contributed by atoms with Crippen molar-refractivity contribution in [1.29, 1.82) is 0 Å². The van der Waals surface area contributed by atoms with Crippen molar-refractivity contribution >= 4 is 27.5 Å². The van der Waals surface area contributed by atoms with Crippen LogP contribution >= 0.6 is 0 Å². The molecule has 1 N–H and O–H groups in total. The molecule has 220 valence electrons. The average molecular weight is 586 g/mol. The van der Waals surface area contributed by atoms with E-state index in [1.54, 1.807) is 37.3 Å². The van der Waals surface area contributed by atoms with E-state index in [2.05, 4.69) is 5.32 Å². The maximum Gasteiger partial charge on any atom is 0.264 e. The van der Waals surface area contributed by atoms with E-state index >= 15 is 0 Å². The van der Waals surface area contributed by atoms with Crippen molar-refractivity contribution in [1.82, 2.24) is 10.2 Å². The number of hydrogen-bond acceptors (Lipinski definition) is 6. The molecule has 0 radical (unpaired) electrons. The van der Waals surface area contributed by atoms with Crippen LogP contribution in [0.15, 0.2) is 77.7 Å². The highest BCUT2D eigenvalue weighted by Gasteiger charge is 2.33. The second kappa shape index (κ2) is 14.0. The van der Waals surface area contributed by atoms with Gasteiger partial charge < -0.3 is 19.7 Å². The van der Waals surface area contributed by atoms with E-state index in [0.717, 1.165) is 4.31 Å². The van der Waals surface area contributed by atoms with Crippen molar-refractivity contribution in [3.05, 3.63) is 84.2 Å². The third-order valence-electron chi connectivity index (χ3n) is 6.38. The number of rotatable bonds is 13. The number of hydrogen-bond donors (Lipinski definition) is 1. The summed E-state index contributed by atoms with van der Waals surface area (Å²) in [5.41, 5.74) is 0.839. The van der Waals surface area contributed by atoms with Gasteiger partial charge in [-0.2, -0.15) is 0 Å². The van der Waals surface area contributed by atoms with Crippen molar-refractivity contribution < 1.29 is 31.9 Å². The summed E-state index contributed by atoms with van der Waals surface area (Å²) in [6, 6.07) is 17.0. The number of halogens is 1. The summed E-state index contributed by atoms with van der Waals surface area (Å²) in [5.74, 6) is -0.697. The molecule has 0 saturated heterocycles. The first-order valence-electron chi connectivity index (χ1n) is 13.1. The SMILES string of the molecule is COc1ccc(S(=O)(=O)N(CC(=O)N(Cc2ccc(F)cc2)[C@H](C)C(=O)NCC(C)C)c2ccccc2)cc1OC. The molecule has 0 bridgehead atoms. The molecular formula is C30H36FN3O6S. The van der Waals surface area contributed by atoms with Gasteiger partial charge in [0.05, 0.1) is 24.8 Å². The number of sulfonamides is 1. The first-order valence-corrected chi connectivity index (χ1v) is 14.5. The molecule has 0 heterocycles. The first-order chi connectivity index (χ1) is 19.5. The highest BCUT2D eigenvalue weighted by Crippen LogP contribution is 2.32. The zero-order valence-corrected chi connectivity index (χ0v) is 24.7. The number of amides is 2. The summed E-state index contributed by atoms with van der Waals surface area (Å²) in [7, 11) is -1.45. The highest BCUT2D eigenvalue weighted by atomic mass is 32.2. The van der Waals surface area contributed by atoms with Crippen LogP contribution in [0.2, 0.25) is 0 Å². The number of ether oxygens (including phenoxy) is 2. The van der Waals surface area contributed by atoms with E-state index in [-0.39, 0.29) is 34.7 Å². The number of nitrogens with zero attached hydrogens (tertiary/aromatic N) is 2. The number of benzene rings is 3. The van der Waals surface area contributed by atoms with Gasteiger partial charge >= 0.3 is 0 Å². The smallest absolute Gasteiger partial charge is 0.264 e. The number of carbonyl (C=O) groups is 2. The van der Waals surface area contributed by atoms with Gasteiger partial charge in [0.2, 0.25) is 11.8 Å². The summed E-state index contributed by atoms with van der Waals surface area (Å²) >= 11 is 0. The molecule has 0 saturated carbocycles. The Kier molecular flexibility index (Phi) is 10.7. The van der Waals surface area contributed by atoms with Crippen LogP contribution in [0.3, 0.4) is 0 Å². The van der Waals surface area contributed by atoms with Crippen molar-refractivity contribution in [2.75, 3.05) is 31.6 Å². The van der Waals surface area contributed by atoms with Gasteiger partial charge in [-0.1, -0.05) is 44.2 Å². The Bertz CT molecular complexity index is 1430. The minimum Gasteiger partial charge on any atom is -0.493 e. The number of nitrogens with one attached hydrogen (secondary N) is 1. The van der Waals surface area contributed by atoms with Crippen LogP contribution < -0.4 is 19.1 Å². The number of anilines is 1. The molecule has 0 aromatic heterocycles. The molecule has 2 amide bonds. The second-order valence-corrected chi connectivity index (χ2v) is 11.7. The third-order valence-corrected chi connectivity index (χ3v) is 8.15. The van der Waals surface area contributed by atoms with Gasteiger partial charge in [0.15, 0.2) is 11.5 Å². The molecule has 3 aromatic rings. The lowest BCUT2D eigenvalue weighted by atomic mass is 10.1. The van der Waals surface area contributed by atoms with E-state index in [1.165, 1.54) is 61.6 Å². The van der Waals surface area contributed by atoms with Crippen molar-refractivity contribution in [3.63, 3.8) is 0 Å². The Morgan fingerprint density at radius 3 is 2.12 bits per heavy atom. The van der Waals surface area contributed by atoms with Gasteiger partial charge in [0.25, 0.3) is 10.0 Å². The lowest BCUT2D eigenvalue weighted by molar-refractivity contribution is -0.139. The fourth-order valence-corrected chi connectivity index (χ4v) is 5.48. The second-order valence-electron chi connectivity index (χ2n) is 9.83. The van der Waals surface area contributed by atoms with E-state index in [0.29, 0.717) is 17.9 Å². The molecule has 0 aliphatic carbocycles. The van der Waals surface area contributed by atoms with Gasteiger partial charge in [-0.25, -0.2) is 12.8 Å². The third kappa shape index (κ3) is 7.97. The maximum atomic E-state index is 14.0. The Morgan fingerprint density at radius 1 is 0.902 bits per heavy atom. The topological polar surface area (TPSA) is 105 Å². The molecule has 41 heavy (non-hydrogen) atoms. The van der Waals surface area contributed by atoms with Gasteiger partial charge in [0, 0.05) is 19.2 Å². The largest absolute Gasteiger partial charge is 0.493 e. The van der Waals surface area contributed by atoms with E-state index < -0.39 is 34.3 Å². The van der Waals surface area contributed by atoms with E-state index in [9.17, 15) is 22.4 Å². The van der Waals surface area contributed by atoms with Gasteiger partial charge in [-0.05, 0) is 54.8 Å². The van der Waals surface area contributed by atoms with Crippen LogP contribution in [0, 0.1) is 11.7 Å². The summed E-state index contributed by atoms with van der Waals surface area (Å²) < 4.78 is 53.0. The first kappa shape index (κ1) is 31.4. The van der Waals surface area contributed by atoms with Gasteiger partial charge in [-0.3, -0.25) is 13.9 Å². The summed E-state index contributed by atoms with van der Waals surface area (Å²) in [6.07, 6.45) is 0. The predicted octanol–water partition coefficient (Wildman–Crippen LogP) is 4.23. The summed E-state index contributed by atoms with van der Waals surface area (Å²) in [4.78, 5) is 28.1. The van der Waals surface area contributed by atoms with Crippen LogP contribution in [0.25, 0.3) is 0 Å². The zero-order valence-electron chi connectivity index (χ0n) is 23.8. The number of carbonyl (C=O) groups excluding carboxylic acids is 2. The molecule has 9 nitrogen and oxygen atoms in total.